The lowest BCUT2D eigenvalue weighted by molar-refractivity contribution is 0.331. The van der Waals surface area contributed by atoms with Gasteiger partial charge in [-0.05, 0) is 6.07 Å². The van der Waals surface area contributed by atoms with Crippen LogP contribution in [0.3, 0.4) is 0 Å². The van der Waals surface area contributed by atoms with Gasteiger partial charge in [-0.3, -0.25) is 5.32 Å². The first kappa shape index (κ1) is 12.9. The Labute approximate surface area is 116 Å². The fraction of sp³-hybridized carbons (Fsp3) is 0.333. The standard InChI is InChI=1S/C12H13ClN2O3S/c13-11-8-15(6-5-14-11)19(16,17)12-7-9-3-1-2-4-10(9)18-12/h1-4,7,11,14H,5-6,8H2. The van der Waals surface area contributed by atoms with Gasteiger partial charge in [-0.1, -0.05) is 18.2 Å². The Balaban J connectivity index is 1.99. The molecule has 1 atom stereocenters. The van der Waals surface area contributed by atoms with Crippen molar-refractivity contribution in [2.75, 3.05) is 19.6 Å². The van der Waals surface area contributed by atoms with Crippen molar-refractivity contribution in [1.82, 2.24) is 9.62 Å². The highest BCUT2D eigenvalue weighted by Crippen LogP contribution is 2.25. The number of piperazine rings is 1. The molecule has 0 amide bonds. The average molecular weight is 301 g/mol. The van der Waals surface area contributed by atoms with Crippen LogP contribution >= 0.6 is 11.6 Å². The summed E-state index contributed by atoms with van der Waals surface area (Å²) < 4.78 is 31.7. The SMILES string of the molecule is O=S(=O)(c1cc2ccccc2o1)N1CCNC(Cl)C1. The number of benzene rings is 1. The summed E-state index contributed by atoms with van der Waals surface area (Å²) in [5, 5.41) is 3.74. The summed E-state index contributed by atoms with van der Waals surface area (Å²) in [5.41, 5.74) is 0.200. The van der Waals surface area contributed by atoms with E-state index in [1.807, 2.05) is 18.2 Å². The van der Waals surface area contributed by atoms with Crippen molar-refractivity contribution in [2.45, 2.75) is 10.6 Å². The van der Waals surface area contributed by atoms with Crippen LogP contribution in [0.25, 0.3) is 11.0 Å². The number of furan rings is 1. The van der Waals surface area contributed by atoms with Crippen LogP contribution in [0, 0.1) is 0 Å². The molecule has 0 spiro atoms. The molecule has 5 nitrogen and oxygen atoms in total. The van der Waals surface area contributed by atoms with Crippen molar-refractivity contribution < 1.29 is 12.8 Å². The zero-order chi connectivity index (χ0) is 13.5. The lowest BCUT2D eigenvalue weighted by Crippen LogP contribution is -2.50. The second kappa shape index (κ2) is 4.79. The second-order valence-electron chi connectivity index (χ2n) is 4.39. The smallest absolute Gasteiger partial charge is 0.276 e. The number of alkyl halides is 1. The molecule has 1 unspecified atom stereocenters. The van der Waals surface area contributed by atoms with E-state index in [9.17, 15) is 8.42 Å². The van der Waals surface area contributed by atoms with E-state index in [0.717, 1.165) is 5.39 Å². The molecule has 3 rings (SSSR count). The molecule has 19 heavy (non-hydrogen) atoms. The van der Waals surface area contributed by atoms with Gasteiger partial charge < -0.3 is 4.42 Å². The number of hydrogen-bond donors (Lipinski definition) is 1. The first-order valence-corrected chi connectivity index (χ1v) is 7.81. The van der Waals surface area contributed by atoms with Crippen molar-refractivity contribution in [3.8, 4) is 0 Å². The minimum atomic E-state index is -3.61. The Hall–Kier alpha value is -1.08. The van der Waals surface area contributed by atoms with Crippen LogP contribution in [0.4, 0.5) is 0 Å². The number of halogens is 1. The Kier molecular flexibility index (Phi) is 3.26. The van der Waals surface area contributed by atoms with Gasteiger partial charge in [0.25, 0.3) is 10.0 Å². The van der Waals surface area contributed by atoms with Crippen molar-refractivity contribution in [2.24, 2.45) is 0 Å². The molecule has 0 radical (unpaired) electrons. The predicted octanol–water partition coefficient (Wildman–Crippen LogP) is 1.59. The third-order valence-corrected chi connectivity index (χ3v) is 5.10. The molecule has 2 aromatic rings. The first-order chi connectivity index (χ1) is 9.07. The van der Waals surface area contributed by atoms with Crippen molar-refractivity contribution >= 4 is 32.6 Å². The fourth-order valence-electron chi connectivity index (χ4n) is 2.11. The van der Waals surface area contributed by atoms with Gasteiger partial charge in [0.2, 0.25) is 5.09 Å². The Morgan fingerprint density at radius 1 is 1.37 bits per heavy atom. The predicted molar refractivity (Wildman–Crippen MR) is 72.6 cm³/mol. The number of nitrogens with one attached hydrogen (secondary N) is 1. The molecule has 7 heteroatoms. The molecule has 1 saturated heterocycles. The summed E-state index contributed by atoms with van der Waals surface area (Å²) >= 11 is 5.94. The highest BCUT2D eigenvalue weighted by atomic mass is 35.5. The summed E-state index contributed by atoms with van der Waals surface area (Å²) in [5.74, 6) is 0. The summed E-state index contributed by atoms with van der Waals surface area (Å²) in [4.78, 5) is 0. The molecular weight excluding hydrogens is 288 g/mol. The maximum absolute atomic E-state index is 12.4. The zero-order valence-electron chi connectivity index (χ0n) is 10.0. The molecule has 1 N–H and O–H groups in total. The van der Waals surface area contributed by atoms with Crippen LogP contribution in [0.5, 0.6) is 0 Å². The number of nitrogens with zero attached hydrogens (tertiary/aromatic N) is 1. The molecule has 0 aliphatic carbocycles. The van der Waals surface area contributed by atoms with Crippen LogP contribution < -0.4 is 5.32 Å². The highest BCUT2D eigenvalue weighted by molar-refractivity contribution is 7.89. The third kappa shape index (κ3) is 2.36. The van der Waals surface area contributed by atoms with E-state index in [4.69, 9.17) is 16.0 Å². The summed E-state index contributed by atoms with van der Waals surface area (Å²) in [6.45, 7) is 1.16. The monoisotopic (exact) mass is 300 g/mol. The largest absolute Gasteiger partial charge is 0.443 e. The maximum atomic E-state index is 12.4. The number of para-hydroxylation sites is 1. The van der Waals surface area contributed by atoms with Gasteiger partial charge in [-0.2, -0.15) is 4.31 Å². The maximum Gasteiger partial charge on any atom is 0.276 e. The Morgan fingerprint density at radius 2 is 2.16 bits per heavy atom. The van der Waals surface area contributed by atoms with Crippen LogP contribution in [0.15, 0.2) is 39.8 Å². The minimum Gasteiger partial charge on any atom is -0.443 e. The van der Waals surface area contributed by atoms with E-state index >= 15 is 0 Å². The number of fused-ring (bicyclic) bond motifs is 1. The first-order valence-electron chi connectivity index (χ1n) is 5.93. The van der Waals surface area contributed by atoms with Crippen LogP contribution in [0.1, 0.15) is 0 Å². The Bertz CT molecular complexity index is 665. The molecule has 1 aliphatic rings. The third-order valence-electron chi connectivity index (χ3n) is 3.09. The molecule has 0 bridgehead atoms. The van der Waals surface area contributed by atoms with E-state index < -0.39 is 10.0 Å². The second-order valence-corrected chi connectivity index (χ2v) is 6.78. The molecule has 2 heterocycles. The van der Waals surface area contributed by atoms with E-state index in [2.05, 4.69) is 5.32 Å². The van der Waals surface area contributed by atoms with Crippen LogP contribution in [-0.4, -0.2) is 37.9 Å². The summed E-state index contributed by atoms with van der Waals surface area (Å²) in [6.07, 6.45) is 0. The number of sulfonamides is 1. The minimum absolute atomic E-state index is 0.0283. The van der Waals surface area contributed by atoms with Crippen molar-refractivity contribution in [1.29, 1.82) is 0 Å². The van der Waals surface area contributed by atoms with Crippen LogP contribution in [-0.2, 0) is 10.0 Å². The molecule has 0 saturated carbocycles. The van der Waals surface area contributed by atoms with Gasteiger partial charge in [-0.25, -0.2) is 8.42 Å². The van der Waals surface area contributed by atoms with Gasteiger partial charge in [0.15, 0.2) is 0 Å². The molecule has 1 fully saturated rings. The molecule has 1 aromatic heterocycles. The lowest BCUT2D eigenvalue weighted by atomic mass is 10.3. The van der Waals surface area contributed by atoms with Crippen molar-refractivity contribution in [3.63, 3.8) is 0 Å². The average Bonchev–Trinajstić information content (AvgIpc) is 2.83. The van der Waals surface area contributed by atoms with Gasteiger partial charge >= 0.3 is 0 Å². The van der Waals surface area contributed by atoms with Gasteiger partial charge in [-0.15, -0.1) is 11.6 Å². The molecule has 102 valence electrons. The summed E-state index contributed by atoms with van der Waals surface area (Å²) in [7, 11) is -3.61. The van der Waals surface area contributed by atoms with Gasteiger partial charge in [0.1, 0.15) is 5.58 Å². The highest BCUT2D eigenvalue weighted by Gasteiger charge is 2.31. The molecule has 1 aromatic carbocycles. The van der Waals surface area contributed by atoms with E-state index in [0.29, 0.717) is 18.7 Å². The zero-order valence-corrected chi connectivity index (χ0v) is 11.6. The lowest BCUT2D eigenvalue weighted by Gasteiger charge is -2.28. The van der Waals surface area contributed by atoms with Gasteiger partial charge in [0.05, 0.1) is 5.50 Å². The Morgan fingerprint density at radius 3 is 2.89 bits per heavy atom. The topological polar surface area (TPSA) is 62.6 Å². The van der Waals surface area contributed by atoms with E-state index in [-0.39, 0.29) is 17.1 Å². The number of rotatable bonds is 2. The van der Waals surface area contributed by atoms with Crippen LogP contribution in [0.2, 0.25) is 0 Å². The summed E-state index contributed by atoms with van der Waals surface area (Å²) in [6, 6.07) is 8.77. The van der Waals surface area contributed by atoms with E-state index in [1.54, 1.807) is 12.1 Å². The quantitative estimate of drug-likeness (QED) is 0.676. The van der Waals surface area contributed by atoms with Gasteiger partial charge in [0, 0.05) is 31.1 Å². The van der Waals surface area contributed by atoms with Crippen molar-refractivity contribution in [3.05, 3.63) is 30.3 Å². The normalized spacial score (nSPS) is 21.8. The van der Waals surface area contributed by atoms with E-state index in [1.165, 1.54) is 4.31 Å². The fourth-order valence-corrected chi connectivity index (χ4v) is 3.87. The molecular formula is C12H13ClN2O3S. The molecule has 1 aliphatic heterocycles. The number of hydrogen-bond acceptors (Lipinski definition) is 4.